The van der Waals surface area contributed by atoms with E-state index in [0.29, 0.717) is 13.0 Å². The number of esters is 4. The molecule has 42 heavy (non-hydrogen) atoms. The van der Waals surface area contributed by atoms with Crippen molar-refractivity contribution in [1.82, 2.24) is 4.90 Å². The fourth-order valence-corrected chi connectivity index (χ4v) is 5.13. The van der Waals surface area contributed by atoms with E-state index >= 15 is 0 Å². The SMILES string of the molecule is CC(=O)OC[C@H]1O[C@@H]([n+]2cccc([C@H]3CCCCN3C(=O)OC(C)(C)C)c2)[C@H](OC(C)=O)[C@@H](OC(C)=O)[C@@H]1OC(C)=O. The number of carbonyl (C=O) groups is 5. The summed E-state index contributed by atoms with van der Waals surface area (Å²) in [6.45, 7) is 10.4. The summed E-state index contributed by atoms with van der Waals surface area (Å²) in [6, 6.07) is 3.33. The summed E-state index contributed by atoms with van der Waals surface area (Å²) in [4.78, 5) is 62.8. The number of ether oxygens (including phenoxy) is 6. The first kappa shape index (κ1) is 32.8. The summed E-state index contributed by atoms with van der Waals surface area (Å²) in [7, 11) is 0. The van der Waals surface area contributed by atoms with E-state index in [1.54, 1.807) is 27.9 Å². The van der Waals surface area contributed by atoms with Crippen LogP contribution in [0.15, 0.2) is 24.5 Å². The fraction of sp³-hybridized carbons (Fsp3) is 0.655. The third-order valence-electron chi connectivity index (χ3n) is 6.62. The molecule has 2 aliphatic rings. The lowest BCUT2D eigenvalue weighted by Gasteiger charge is -2.42. The van der Waals surface area contributed by atoms with Gasteiger partial charge in [0.2, 0.25) is 6.10 Å². The molecule has 3 heterocycles. The van der Waals surface area contributed by atoms with Gasteiger partial charge in [0.1, 0.15) is 18.3 Å². The van der Waals surface area contributed by atoms with E-state index in [0.717, 1.165) is 18.4 Å². The summed E-state index contributed by atoms with van der Waals surface area (Å²) in [5, 5.41) is 0. The molecule has 232 valence electrons. The molecule has 13 heteroatoms. The van der Waals surface area contributed by atoms with Crippen LogP contribution in [0, 0.1) is 0 Å². The molecule has 0 N–H and O–H groups in total. The van der Waals surface area contributed by atoms with Crippen LogP contribution >= 0.6 is 0 Å². The van der Waals surface area contributed by atoms with E-state index in [4.69, 9.17) is 28.4 Å². The molecule has 3 rings (SSSR count). The number of nitrogens with zero attached hydrogens (tertiary/aromatic N) is 2. The summed E-state index contributed by atoms with van der Waals surface area (Å²) in [5.41, 5.74) is 0.111. The van der Waals surface area contributed by atoms with Crippen LogP contribution in [0.25, 0.3) is 0 Å². The van der Waals surface area contributed by atoms with Gasteiger partial charge in [0, 0.05) is 45.9 Å². The van der Waals surface area contributed by atoms with Gasteiger partial charge in [-0.2, -0.15) is 4.57 Å². The Morgan fingerprint density at radius 1 is 0.905 bits per heavy atom. The van der Waals surface area contributed by atoms with E-state index in [1.165, 1.54) is 27.7 Å². The molecule has 0 bridgehead atoms. The van der Waals surface area contributed by atoms with Crippen LogP contribution in [0.1, 0.15) is 85.6 Å². The second-order valence-electron chi connectivity index (χ2n) is 11.4. The minimum Gasteiger partial charge on any atom is -0.463 e. The number of carbonyl (C=O) groups excluding carboxylic acids is 5. The largest absolute Gasteiger partial charge is 0.463 e. The maximum Gasteiger partial charge on any atom is 0.410 e. The number of hydrogen-bond donors (Lipinski definition) is 0. The second-order valence-corrected chi connectivity index (χ2v) is 11.4. The van der Waals surface area contributed by atoms with Gasteiger partial charge in [-0.15, -0.1) is 0 Å². The molecule has 0 spiro atoms. The van der Waals surface area contributed by atoms with Crippen LogP contribution in [-0.2, 0) is 47.6 Å². The molecule has 1 aromatic rings. The Morgan fingerprint density at radius 2 is 1.52 bits per heavy atom. The molecule has 1 amide bonds. The summed E-state index contributed by atoms with van der Waals surface area (Å²) in [5.74, 6) is -2.71. The van der Waals surface area contributed by atoms with E-state index in [9.17, 15) is 24.0 Å². The Hall–Kier alpha value is -3.74. The number of amides is 1. The van der Waals surface area contributed by atoms with Crippen molar-refractivity contribution in [2.45, 2.75) is 110 Å². The van der Waals surface area contributed by atoms with Crippen molar-refractivity contribution in [2.75, 3.05) is 13.2 Å². The third kappa shape index (κ3) is 8.88. The van der Waals surface area contributed by atoms with E-state index in [2.05, 4.69) is 0 Å². The van der Waals surface area contributed by atoms with Gasteiger partial charge >= 0.3 is 36.2 Å². The molecule has 13 nitrogen and oxygen atoms in total. The topological polar surface area (TPSA) is 148 Å². The van der Waals surface area contributed by atoms with Crippen LogP contribution in [0.4, 0.5) is 4.79 Å². The van der Waals surface area contributed by atoms with Gasteiger partial charge in [0.25, 0.3) is 0 Å². The highest BCUT2D eigenvalue weighted by atomic mass is 16.7. The number of rotatable bonds is 7. The molecule has 0 aromatic carbocycles. The van der Waals surface area contributed by atoms with E-state index < -0.39 is 66.2 Å². The Labute approximate surface area is 245 Å². The summed E-state index contributed by atoms with van der Waals surface area (Å²) < 4.78 is 35.4. The highest BCUT2D eigenvalue weighted by Crippen LogP contribution is 2.34. The molecule has 0 radical (unpaired) electrons. The monoisotopic (exact) mass is 593 g/mol. The first-order valence-electron chi connectivity index (χ1n) is 14.0. The molecule has 6 atom stereocenters. The number of hydrogen-bond acceptors (Lipinski definition) is 11. The van der Waals surface area contributed by atoms with Crippen LogP contribution < -0.4 is 4.57 Å². The van der Waals surface area contributed by atoms with Gasteiger partial charge in [0.15, 0.2) is 24.6 Å². The van der Waals surface area contributed by atoms with Crippen LogP contribution in [0.2, 0.25) is 0 Å². The number of likely N-dealkylation sites (tertiary alicyclic amines) is 1. The molecule has 2 saturated heterocycles. The van der Waals surface area contributed by atoms with Crippen LogP contribution in [0.3, 0.4) is 0 Å². The Bertz CT molecular complexity index is 1160. The average molecular weight is 594 g/mol. The number of pyridine rings is 1. The van der Waals surface area contributed by atoms with Gasteiger partial charge in [-0.1, -0.05) is 0 Å². The third-order valence-corrected chi connectivity index (χ3v) is 6.62. The lowest BCUT2D eigenvalue weighted by Crippen LogP contribution is -2.65. The van der Waals surface area contributed by atoms with Crippen LogP contribution in [0.5, 0.6) is 0 Å². The predicted octanol–water partition coefficient (Wildman–Crippen LogP) is 2.69. The molecular formula is C29H41N2O11+. The minimum atomic E-state index is -1.29. The van der Waals surface area contributed by atoms with Crippen molar-refractivity contribution < 1.29 is 57.0 Å². The molecular weight excluding hydrogens is 552 g/mol. The predicted molar refractivity (Wildman–Crippen MR) is 143 cm³/mol. The standard InChI is InChI=1S/C29H41N2O11/c1-17(32)37-16-23-24(38-18(2)33)25(39-19(3)34)26(40-20(4)35)27(41-23)30-13-10-11-21(15-30)22-12-8-9-14-31(22)28(36)42-29(5,6)7/h10-11,13,15,22-27H,8-9,12,14,16H2,1-7H3/q+1/t22-,23-,24-,25+,26-,27-/m1/s1. The van der Waals surface area contributed by atoms with Gasteiger partial charge < -0.3 is 33.3 Å². The zero-order chi connectivity index (χ0) is 31.2. The minimum absolute atomic E-state index is 0.299. The van der Waals surface area contributed by atoms with Gasteiger partial charge in [-0.05, 0) is 46.1 Å². The Kier molecular flexibility index (Phi) is 10.9. The summed E-state index contributed by atoms with van der Waals surface area (Å²) >= 11 is 0. The quantitative estimate of drug-likeness (QED) is 0.261. The average Bonchev–Trinajstić information content (AvgIpc) is 2.88. The van der Waals surface area contributed by atoms with Crippen molar-refractivity contribution in [3.05, 3.63) is 30.1 Å². The Balaban J connectivity index is 2.05. The number of piperidine rings is 1. The van der Waals surface area contributed by atoms with Gasteiger partial charge in [-0.25, -0.2) is 4.79 Å². The fourth-order valence-electron chi connectivity index (χ4n) is 5.13. The second kappa shape index (κ2) is 14.0. The normalized spacial score (nSPS) is 26.0. The molecule has 1 aromatic heterocycles. The van der Waals surface area contributed by atoms with Gasteiger partial charge in [0.05, 0.1) is 6.04 Å². The Morgan fingerprint density at radius 3 is 2.12 bits per heavy atom. The van der Waals surface area contributed by atoms with Crippen molar-refractivity contribution in [3.8, 4) is 0 Å². The maximum absolute atomic E-state index is 13.1. The smallest absolute Gasteiger partial charge is 0.410 e. The molecule has 0 unspecified atom stereocenters. The number of aromatic nitrogens is 1. The molecule has 0 saturated carbocycles. The van der Waals surface area contributed by atoms with Crippen molar-refractivity contribution >= 4 is 30.0 Å². The van der Waals surface area contributed by atoms with E-state index in [-0.39, 0.29) is 12.6 Å². The summed E-state index contributed by atoms with van der Waals surface area (Å²) in [6.07, 6.45) is -0.531. The molecule has 2 fully saturated rings. The van der Waals surface area contributed by atoms with Crippen molar-refractivity contribution in [2.24, 2.45) is 0 Å². The van der Waals surface area contributed by atoms with Crippen LogP contribution in [-0.4, -0.2) is 78.0 Å². The van der Waals surface area contributed by atoms with Crippen molar-refractivity contribution in [3.63, 3.8) is 0 Å². The lowest BCUT2D eigenvalue weighted by molar-refractivity contribution is -0.778. The van der Waals surface area contributed by atoms with Gasteiger partial charge in [-0.3, -0.25) is 19.2 Å². The zero-order valence-corrected chi connectivity index (χ0v) is 25.2. The first-order valence-corrected chi connectivity index (χ1v) is 14.0. The molecule has 2 aliphatic heterocycles. The maximum atomic E-state index is 13.1. The van der Waals surface area contributed by atoms with E-state index in [1.807, 2.05) is 26.8 Å². The lowest BCUT2D eigenvalue weighted by atomic mass is 9.95. The first-order chi connectivity index (χ1) is 19.7. The highest BCUT2D eigenvalue weighted by Gasteiger charge is 2.56. The van der Waals surface area contributed by atoms with Crippen molar-refractivity contribution in [1.29, 1.82) is 0 Å². The zero-order valence-electron chi connectivity index (χ0n) is 25.2. The highest BCUT2D eigenvalue weighted by molar-refractivity contribution is 5.69. The molecule has 0 aliphatic carbocycles.